The monoisotopic (exact) mass is 208 g/mol. The number of nitrogens with one attached hydrogen (secondary N) is 1. The number of rotatable bonds is 2. The van der Waals surface area contributed by atoms with E-state index in [9.17, 15) is 4.39 Å². The Hall–Kier alpha value is -0.930. The standard InChI is InChI=1S/C12H17FN2/c13-11-3-1-2-9(6-11)12-8-15-5-4-10(12)7-14/h1-3,6,10,12,15H,4-5,7-8,14H2. The molecule has 1 aromatic rings. The third-order valence-electron chi connectivity index (χ3n) is 3.20. The lowest BCUT2D eigenvalue weighted by molar-refractivity contribution is 0.330. The number of nitrogens with two attached hydrogens (primary N) is 1. The van der Waals surface area contributed by atoms with Crippen LogP contribution < -0.4 is 11.1 Å². The average molecular weight is 208 g/mol. The van der Waals surface area contributed by atoms with Gasteiger partial charge in [-0.05, 0) is 43.1 Å². The van der Waals surface area contributed by atoms with Gasteiger partial charge in [0.1, 0.15) is 5.82 Å². The van der Waals surface area contributed by atoms with E-state index in [1.54, 1.807) is 12.1 Å². The lowest BCUT2D eigenvalue weighted by Gasteiger charge is -2.31. The van der Waals surface area contributed by atoms with Crippen LogP contribution in [-0.2, 0) is 0 Å². The van der Waals surface area contributed by atoms with Crippen LogP contribution in [0.1, 0.15) is 17.9 Å². The van der Waals surface area contributed by atoms with Crippen molar-refractivity contribution >= 4 is 0 Å². The van der Waals surface area contributed by atoms with E-state index in [-0.39, 0.29) is 5.82 Å². The molecule has 2 unspecified atom stereocenters. The van der Waals surface area contributed by atoms with Crippen LogP contribution in [0.2, 0.25) is 0 Å². The van der Waals surface area contributed by atoms with E-state index >= 15 is 0 Å². The summed E-state index contributed by atoms with van der Waals surface area (Å²) < 4.78 is 13.1. The Balaban J connectivity index is 2.20. The van der Waals surface area contributed by atoms with Gasteiger partial charge in [0.05, 0.1) is 0 Å². The Bertz CT molecular complexity index is 327. The summed E-state index contributed by atoms with van der Waals surface area (Å²) in [6, 6.07) is 6.87. The highest BCUT2D eigenvalue weighted by Crippen LogP contribution is 2.28. The first-order valence-corrected chi connectivity index (χ1v) is 5.47. The Labute approximate surface area is 89.7 Å². The molecule has 1 aliphatic heterocycles. The summed E-state index contributed by atoms with van der Waals surface area (Å²) in [6.07, 6.45) is 1.08. The third-order valence-corrected chi connectivity index (χ3v) is 3.20. The van der Waals surface area contributed by atoms with Gasteiger partial charge in [0.2, 0.25) is 0 Å². The zero-order valence-electron chi connectivity index (χ0n) is 8.75. The fourth-order valence-electron chi connectivity index (χ4n) is 2.32. The molecular weight excluding hydrogens is 191 g/mol. The summed E-state index contributed by atoms with van der Waals surface area (Å²) >= 11 is 0. The van der Waals surface area contributed by atoms with Crippen molar-refractivity contribution in [2.24, 2.45) is 11.7 Å². The lowest BCUT2D eigenvalue weighted by Crippen LogP contribution is -2.38. The summed E-state index contributed by atoms with van der Waals surface area (Å²) in [4.78, 5) is 0. The van der Waals surface area contributed by atoms with Crippen molar-refractivity contribution in [2.45, 2.75) is 12.3 Å². The topological polar surface area (TPSA) is 38.0 Å². The molecule has 3 heteroatoms. The van der Waals surface area contributed by atoms with Crippen molar-refractivity contribution in [3.8, 4) is 0 Å². The second-order valence-corrected chi connectivity index (χ2v) is 4.15. The quantitative estimate of drug-likeness (QED) is 0.772. The third kappa shape index (κ3) is 2.36. The van der Waals surface area contributed by atoms with Gasteiger partial charge in [-0.2, -0.15) is 0 Å². The average Bonchev–Trinajstić information content (AvgIpc) is 2.29. The van der Waals surface area contributed by atoms with Gasteiger partial charge in [0, 0.05) is 12.5 Å². The molecule has 0 radical (unpaired) electrons. The molecule has 3 N–H and O–H groups in total. The summed E-state index contributed by atoms with van der Waals surface area (Å²) in [7, 11) is 0. The number of hydrogen-bond donors (Lipinski definition) is 2. The van der Waals surface area contributed by atoms with Crippen LogP contribution in [0.4, 0.5) is 4.39 Å². The lowest BCUT2D eigenvalue weighted by atomic mass is 9.81. The molecular formula is C12H17FN2. The summed E-state index contributed by atoms with van der Waals surface area (Å²) in [5.74, 6) is 0.682. The first-order chi connectivity index (χ1) is 7.31. The molecule has 0 saturated carbocycles. The van der Waals surface area contributed by atoms with Crippen LogP contribution in [-0.4, -0.2) is 19.6 Å². The fraction of sp³-hybridized carbons (Fsp3) is 0.500. The Morgan fingerprint density at radius 1 is 1.47 bits per heavy atom. The number of hydrogen-bond acceptors (Lipinski definition) is 2. The van der Waals surface area contributed by atoms with E-state index < -0.39 is 0 Å². The van der Waals surface area contributed by atoms with Gasteiger partial charge in [-0.3, -0.25) is 0 Å². The van der Waals surface area contributed by atoms with Gasteiger partial charge in [-0.1, -0.05) is 12.1 Å². The Kier molecular flexibility index (Phi) is 3.34. The SMILES string of the molecule is NCC1CCNCC1c1cccc(F)c1. The molecule has 1 saturated heterocycles. The predicted octanol–water partition coefficient (Wildman–Crippen LogP) is 1.48. The van der Waals surface area contributed by atoms with E-state index in [2.05, 4.69) is 5.32 Å². The van der Waals surface area contributed by atoms with E-state index in [0.29, 0.717) is 18.4 Å². The van der Waals surface area contributed by atoms with Crippen LogP contribution in [0.15, 0.2) is 24.3 Å². The molecule has 0 aromatic heterocycles. The molecule has 0 amide bonds. The smallest absolute Gasteiger partial charge is 0.123 e. The molecule has 2 atom stereocenters. The molecule has 2 rings (SSSR count). The normalized spacial score (nSPS) is 26.5. The second kappa shape index (κ2) is 4.73. The molecule has 0 aliphatic carbocycles. The molecule has 15 heavy (non-hydrogen) atoms. The number of benzene rings is 1. The molecule has 0 bridgehead atoms. The van der Waals surface area contributed by atoms with Crippen molar-refractivity contribution in [3.05, 3.63) is 35.6 Å². The van der Waals surface area contributed by atoms with E-state index in [0.717, 1.165) is 25.1 Å². The molecule has 2 nitrogen and oxygen atoms in total. The zero-order valence-corrected chi connectivity index (χ0v) is 8.75. The maximum Gasteiger partial charge on any atom is 0.123 e. The molecule has 1 heterocycles. The molecule has 1 aromatic carbocycles. The Morgan fingerprint density at radius 3 is 3.07 bits per heavy atom. The van der Waals surface area contributed by atoms with Crippen LogP contribution >= 0.6 is 0 Å². The van der Waals surface area contributed by atoms with E-state index in [1.165, 1.54) is 6.07 Å². The highest BCUT2D eigenvalue weighted by Gasteiger charge is 2.25. The predicted molar refractivity (Wildman–Crippen MR) is 59.2 cm³/mol. The van der Waals surface area contributed by atoms with Gasteiger partial charge < -0.3 is 11.1 Å². The summed E-state index contributed by atoms with van der Waals surface area (Å²) in [5, 5.41) is 3.34. The molecule has 82 valence electrons. The van der Waals surface area contributed by atoms with Crippen molar-refractivity contribution < 1.29 is 4.39 Å². The van der Waals surface area contributed by atoms with Crippen LogP contribution in [0.3, 0.4) is 0 Å². The summed E-state index contributed by atoms with van der Waals surface area (Å²) in [6.45, 7) is 2.61. The van der Waals surface area contributed by atoms with Crippen LogP contribution in [0.25, 0.3) is 0 Å². The number of halogens is 1. The molecule has 0 spiro atoms. The first kappa shape index (κ1) is 10.6. The van der Waals surface area contributed by atoms with Crippen molar-refractivity contribution in [3.63, 3.8) is 0 Å². The largest absolute Gasteiger partial charge is 0.330 e. The first-order valence-electron chi connectivity index (χ1n) is 5.47. The maximum absolute atomic E-state index is 13.1. The second-order valence-electron chi connectivity index (χ2n) is 4.15. The van der Waals surface area contributed by atoms with Crippen LogP contribution in [0.5, 0.6) is 0 Å². The number of piperidine rings is 1. The van der Waals surface area contributed by atoms with Crippen molar-refractivity contribution in [1.29, 1.82) is 0 Å². The van der Waals surface area contributed by atoms with Gasteiger partial charge in [-0.25, -0.2) is 4.39 Å². The van der Waals surface area contributed by atoms with E-state index in [1.807, 2.05) is 6.07 Å². The highest BCUT2D eigenvalue weighted by molar-refractivity contribution is 5.22. The van der Waals surface area contributed by atoms with Gasteiger partial charge in [0.25, 0.3) is 0 Å². The molecule has 1 fully saturated rings. The van der Waals surface area contributed by atoms with Crippen LogP contribution in [0, 0.1) is 11.7 Å². The van der Waals surface area contributed by atoms with Gasteiger partial charge >= 0.3 is 0 Å². The summed E-state index contributed by atoms with van der Waals surface area (Å²) in [5.41, 5.74) is 6.81. The zero-order chi connectivity index (χ0) is 10.7. The molecule has 1 aliphatic rings. The van der Waals surface area contributed by atoms with Gasteiger partial charge in [0.15, 0.2) is 0 Å². The van der Waals surface area contributed by atoms with Crippen molar-refractivity contribution in [2.75, 3.05) is 19.6 Å². The van der Waals surface area contributed by atoms with Gasteiger partial charge in [-0.15, -0.1) is 0 Å². The minimum Gasteiger partial charge on any atom is -0.330 e. The minimum absolute atomic E-state index is 0.158. The fourth-order valence-corrected chi connectivity index (χ4v) is 2.32. The maximum atomic E-state index is 13.1. The Morgan fingerprint density at radius 2 is 2.33 bits per heavy atom. The van der Waals surface area contributed by atoms with E-state index in [4.69, 9.17) is 5.73 Å². The minimum atomic E-state index is -0.158. The van der Waals surface area contributed by atoms with Crippen molar-refractivity contribution in [1.82, 2.24) is 5.32 Å². The highest BCUT2D eigenvalue weighted by atomic mass is 19.1.